The predicted molar refractivity (Wildman–Crippen MR) is 80.4 cm³/mol. The van der Waals surface area contributed by atoms with Gasteiger partial charge in [0.15, 0.2) is 0 Å². The third-order valence-electron chi connectivity index (χ3n) is 4.47. The Morgan fingerprint density at radius 1 is 1.15 bits per heavy atom. The van der Waals surface area contributed by atoms with Gasteiger partial charge in [-0.05, 0) is 17.5 Å². The molecule has 1 amide bonds. The van der Waals surface area contributed by atoms with Crippen LogP contribution in [0.2, 0.25) is 0 Å². The highest BCUT2D eigenvalue weighted by Crippen LogP contribution is 2.27. The van der Waals surface area contributed by atoms with Crippen LogP contribution < -0.4 is 0 Å². The third kappa shape index (κ3) is 2.47. The van der Waals surface area contributed by atoms with Gasteiger partial charge in [-0.15, -0.1) is 0 Å². The number of rotatable bonds is 1. The molecule has 108 valence electrons. The fourth-order valence-corrected chi connectivity index (χ4v) is 3.16. The molecule has 0 aliphatic carbocycles. The number of amides is 1. The maximum Gasteiger partial charge on any atom is 0.228 e. The first kappa shape index (κ1) is 13.6. The lowest BCUT2D eigenvalue weighted by Gasteiger charge is -2.48. The van der Waals surface area contributed by atoms with Gasteiger partial charge >= 0.3 is 0 Å². The molecule has 20 heavy (non-hydrogen) atoms. The van der Waals surface area contributed by atoms with Gasteiger partial charge in [-0.1, -0.05) is 45.0 Å². The first-order valence-corrected chi connectivity index (χ1v) is 7.55. The lowest BCUT2D eigenvalue weighted by Crippen LogP contribution is -2.63. The van der Waals surface area contributed by atoms with E-state index in [0.717, 1.165) is 32.6 Å². The Labute approximate surface area is 121 Å². The van der Waals surface area contributed by atoms with Crippen LogP contribution in [-0.2, 0) is 17.8 Å². The second-order valence-corrected chi connectivity index (χ2v) is 7.10. The zero-order valence-electron chi connectivity index (χ0n) is 12.7. The topological polar surface area (TPSA) is 23.6 Å². The summed E-state index contributed by atoms with van der Waals surface area (Å²) in [7, 11) is 0. The van der Waals surface area contributed by atoms with E-state index in [4.69, 9.17) is 0 Å². The largest absolute Gasteiger partial charge is 0.339 e. The average Bonchev–Trinajstić information content (AvgIpc) is 2.35. The van der Waals surface area contributed by atoms with E-state index in [1.807, 2.05) is 25.7 Å². The quantitative estimate of drug-likeness (QED) is 0.783. The standard InChI is InChI=1S/C17H24N2O/c1-17(2,3)16(20)19-11-15(12-19)18-9-8-13-6-4-5-7-14(13)10-18/h4-7,15H,8-12H2,1-3H3. The third-order valence-corrected chi connectivity index (χ3v) is 4.47. The van der Waals surface area contributed by atoms with Gasteiger partial charge in [-0.25, -0.2) is 0 Å². The summed E-state index contributed by atoms with van der Waals surface area (Å²) < 4.78 is 0. The van der Waals surface area contributed by atoms with E-state index in [0.29, 0.717) is 6.04 Å². The molecule has 2 aliphatic rings. The van der Waals surface area contributed by atoms with Crippen molar-refractivity contribution in [3.63, 3.8) is 0 Å². The summed E-state index contributed by atoms with van der Waals surface area (Å²) >= 11 is 0. The van der Waals surface area contributed by atoms with Crippen molar-refractivity contribution in [1.29, 1.82) is 0 Å². The highest BCUT2D eigenvalue weighted by Gasteiger charge is 2.39. The van der Waals surface area contributed by atoms with Crippen LogP contribution in [0.25, 0.3) is 0 Å². The molecular weight excluding hydrogens is 248 g/mol. The first-order chi connectivity index (χ1) is 9.45. The number of carbonyl (C=O) groups excluding carboxylic acids is 1. The van der Waals surface area contributed by atoms with Gasteiger partial charge in [0.05, 0.1) is 0 Å². The molecule has 0 radical (unpaired) electrons. The van der Waals surface area contributed by atoms with Gasteiger partial charge in [0.1, 0.15) is 0 Å². The minimum Gasteiger partial charge on any atom is -0.339 e. The van der Waals surface area contributed by atoms with E-state index in [-0.39, 0.29) is 11.3 Å². The van der Waals surface area contributed by atoms with Crippen LogP contribution in [0.4, 0.5) is 0 Å². The van der Waals surface area contributed by atoms with Crippen LogP contribution in [0.1, 0.15) is 31.9 Å². The maximum atomic E-state index is 12.2. The van der Waals surface area contributed by atoms with Crippen molar-refractivity contribution < 1.29 is 4.79 Å². The minimum atomic E-state index is -0.251. The summed E-state index contributed by atoms with van der Waals surface area (Å²) in [5.41, 5.74) is 2.70. The number of likely N-dealkylation sites (tertiary alicyclic amines) is 1. The average molecular weight is 272 g/mol. The molecule has 3 heteroatoms. The summed E-state index contributed by atoms with van der Waals surface area (Å²) in [6, 6.07) is 9.27. The van der Waals surface area contributed by atoms with Crippen LogP contribution in [0, 0.1) is 5.41 Å². The fourth-order valence-electron chi connectivity index (χ4n) is 3.16. The zero-order chi connectivity index (χ0) is 14.3. The second-order valence-electron chi connectivity index (χ2n) is 7.10. The Bertz CT molecular complexity index is 512. The lowest BCUT2D eigenvalue weighted by molar-refractivity contribution is -0.147. The summed E-state index contributed by atoms with van der Waals surface area (Å²) in [6.45, 7) is 9.97. The van der Waals surface area contributed by atoms with E-state index in [2.05, 4.69) is 29.2 Å². The van der Waals surface area contributed by atoms with Crippen LogP contribution in [0.15, 0.2) is 24.3 Å². The SMILES string of the molecule is CC(C)(C)C(=O)N1CC(N2CCc3ccccc3C2)C1. The number of hydrogen-bond donors (Lipinski definition) is 0. The van der Waals surface area contributed by atoms with Crippen LogP contribution in [0.5, 0.6) is 0 Å². The van der Waals surface area contributed by atoms with E-state index in [1.165, 1.54) is 11.1 Å². The predicted octanol–water partition coefficient (Wildman–Crippen LogP) is 2.30. The van der Waals surface area contributed by atoms with Crippen molar-refractivity contribution >= 4 is 5.91 Å². The van der Waals surface area contributed by atoms with Gasteiger partial charge in [0, 0.05) is 37.6 Å². The zero-order valence-corrected chi connectivity index (χ0v) is 12.7. The van der Waals surface area contributed by atoms with E-state index in [1.54, 1.807) is 0 Å². The monoisotopic (exact) mass is 272 g/mol. The van der Waals surface area contributed by atoms with Crippen LogP contribution in [-0.4, -0.2) is 41.4 Å². The fraction of sp³-hybridized carbons (Fsp3) is 0.588. The Balaban J connectivity index is 1.58. The molecule has 1 aromatic rings. The number of fused-ring (bicyclic) bond motifs is 1. The molecule has 2 aliphatic heterocycles. The highest BCUT2D eigenvalue weighted by atomic mass is 16.2. The Kier molecular flexibility index (Phi) is 3.33. The summed E-state index contributed by atoms with van der Waals surface area (Å²) in [4.78, 5) is 16.7. The second kappa shape index (κ2) is 4.88. The summed E-state index contributed by atoms with van der Waals surface area (Å²) in [5, 5.41) is 0. The molecular formula is C17H24N2O. The van der Waals surface area contributed by atoms with Gasteiger partial charge in [0.25, 0.3) is 0 Å². The molecule has 0 unspecified atom stereocenters. The van der Waals surface area contributed by atoms with E-state index >= 15 is 0 Å². The van der Waals surface area contributed by atoms with Crippen molar-refractivity contribution in [1.82, 2.24) is 9.80 Å². The number of benzene rings is 1. The molecule has 0 saturated carbocycles. The molecule has 2 heterocycles. The van der Waals surface area contributed by atoms with Crippen LogP contribution >= 0.6 is 0 Å². The van der Waals surface area contributed by atoms with Gasteiger partial charge in [-0.2, -0.15) is 0 Å². The van der Waals surface area contributed by atoms with Gasteiger partial charge < -0.3 is 4.90 Å². The molecule has 0 spiro atoms. The Hall–Kier alpha value is -1.35. The van der Waals surface area contributed by atoms with Gasteiger partial charge in [0.2, 0.25) is 5.91 Å². The van der Waals surface area contributed by atoms with Crippen molar-refractivity contribution in [2.24, 2.45) is 5.41 Å². The smallest absolute Gasteiger partial charge is 0.228 e. The minimum absolute atomic E-state index is 0.251. The van der Waals surface area contributed by atoms with Gasteiger partial charge in [-0.3, -0.25) is 9.69 Å². The number of carbonyl (C=O) groups is 1. The van der Waals surface area contributed by atoms with Crippen molar-refractivity contribution in [2.75, 3.05) is 19.6 Å². The normalized spacial score (nSPS) is 20.4. The lowest BCUT2D eigenvalue weighted by atomic mass is 9.91. The summed E-state index contributed by atoms with van der Waals surface area (Å²) in [6.07, 6.45) is 1.14. The molecule has 0 bridgehead atoms. The molecule has 1 aromatic carbocycles. The molecule has 0 aromatic heterocycles. The molecule has 3 rings (SSSR count). The number of nitrogens with zero attached hydrogens (tertiary/aromatic N) is 2. The van der Waals surface area contributed by atoms with Crippen molar-refractivity contribution in [2.45, 2.75) is 39.8 Å². The maximum absolute atomic E-state index is 12.2. The van der Waals surface area contributed by atoms with E-state index in [9.17, 15) is 4.79 Å². The van der Waals surface area contributed by atoms with Crippen LogP contribution in [0.3, 0.4) is 0 Å². The molecule has 1 fully saturated rings. The van der Waals surface area contributed by atoms with E-state index < -0.39 is 0 Å². The summed E-state index contributed by atoms with van der Waals surface area (Å²) in [5.74, 6) is 0.283. The Morgan fingerprint density at radius 2 is 1.80 bits per heavy atom. The van der Waals surface area contributed by atoms with Crippen molar-refractivity contribution in [3.8, 4) is 0 Å². The highest BCUT2D eigenvalue weighted by molar-refractivity contribution is 5.82. The number of hydrogen-bond acceptors (Lipinski definition) is 2. The molecule has 1 saturated heterocycles. The Morgan fingerprint density at radius 3 is 2.45 bits per heavy atom. The molecule has 3 nitrogen and oxygen atoms in total. The first-order valence-electron chi connectivity index (χ1n) is 7.55. The molecule has 0 N–H and O–H groups in total. The van der Waals surface area contributed by atoms with Crippen molar-refractivity contribution in [3.05, 3.63) is 35.4 Å². The molecule has 0 atom stereocenters.